The van der Waals surface area contributed by atoms with Crippen molar-refractivity contribution in [2.75, 3.05) is 31.1 Å². The second-order valence-electron chi connectivity index (χ2n) is 5.06. The van der Waals surface area contributed by atoms with E-state index in [1.807, 2.05) is 0 Å². The fraction of sp³-hybridized carbons (Fsp3) is 0.571. The molecule has 3 heteroatoms. The summed E-state index contributed by atoms with van der Waals surface area (Å²) in [6, 6.07) is 6.60. The standard InChI is InChI=1S/C14H20N2O/c15-10-11-3-6-16(7-4-11)13-1-2-14-12(9-13)5-8-17-14/h1-2,9,11H,3-8,10,15H2. The van der Waals surface area contributed by atoms with Crippen molar-refractivity contribution in [1.29, 1.82) is 0 Å². The van der Waals surface area contributed by atoms with Crippen molar-refractivity contribution in [3.8, 4) is 5.75 Å². The molecule has 17 heavy (non-hydrogen) atoms. The van der Waals surface area contributed by atoms with E-state index in [0.29, 0.717) is 0 Å². The van der Waals surface area contributed by atoms with Crippen molar-refractivity contribution in [2.45, 2.75) is 19.3 Å². The Morgan fingerprint density at radius 1 is 1.29 bits per heavy atom. The van der Waals surface area contributed by atoms with E-state index >= 15 is 0 Å². The molecule has 0 aromatic heterocycles. The molecule has 92 valence electrons. The van der Waals surface area contributed by atoms with E-state index < -0.39 is 0 Å². The van der Waals surface area contributed by atoms with E-state index in [2.05, 4.69) is 23.1 Å². The number of hydrogen-bond donors (Lipinski definition) is 1. The van der Waals surface area contributed by atoms with Crippen molar-refractivity contribution in [3.05, 3.63) is 23.8 Å². The van der Waals surface area contributed by atoms with Gasteiger partial charge in [-0.25, -0.2) is 0 Å². The van der Waals surface area contributed by atoms with Crippen molar-refractivity contribution in [3.63, 3.8) is 0 Å². The third kappa shape index (κ3) is 2.12. The smallest absolute Gasteiger partial charge is 0.122 e. The summed E-state index contributed by atoms with van der Waals surface area (Å²) in [4.78, 5) is 2.48. The van der Waals surface area contributed by atoms with E-state index in [1.165, 1.54) is 24.1 Å². The Morgan fingerprint density at radius 2 is 2.12 bits per heavy atom. The number of hydrogen-bond acceptors (Lipinski definition) is 3. The molecule has 0 saturated carbocycles. The van der Waals surface area contributed by atoms with Crippen LogP contribution in [0.5, 0.6) is 5.75 Å². The molecular formula is C14H20N2O. The number of ether oxygens (including phenoxy) is 1. The number of nitrogens with two attached hydrogens (primary N) is 1. The molecule has 3 rings (SSSR count). The Bertz CT molecular complexity index is 397. The molecule has 1 fully saturated rings. The van der Waals surface area contributed by atoms with Crippen LogP contribution in [0.1, 0.15) is 18.4 Å². The van der Waals surface area contributed by atoms with Crippen LogP contribution in [-0.2, 0) is 6.42 Å². The monoisotopic (exact) mass is 232 g/mol. The summed E-state index contributed by atoms with van der Waals surface area (Å²) < 4.78 is 5.54. The van der Waals surface area contributed by atoms with Crippen LogP contribution in [0.3, 0.4) is 0 Å². The van der Waals surface area contributed by atoms with Crippen LogP contribution < -0.4 is 15.4 Å². The number of rotatable bonds is 2. The largest absolute Gasteiger partial charge is 0.493 e. The van der Waals surface area contributed by atoms with E-state index in [0.717, 1.165) is 44.3 Å². The fourth-order valence-electron chi connectivity index (χ4n) is 2.80. The highest BCUT2D eigenvalue weighted by Gasteiger charge is 2.20. The Hall–Kier alpha value is -1.22. The molecule has 3 nitrogen and oxygen atoms in total. The Morgan fingerprint density at radius 3 is 2.88 bits per heavy atom. The van der Waals surface area contributed by atoms with Crippen molar-refractivity contribution < 1.29 is 4.74 Å². The zero-order valence-electron chi connectivity index (χ0n) is 10.2. The van der Waals surface area contributed by atoms with Gasteiger partial charge in [0.15, 0.2) is 0 Å². The Kier molecular flexibility index (Phi) is 2.93. The molecule has 0 bridgehead atoms. The summed E-state index contributed by atoms with van der Waals surface area (Å²) in [5, 5.41) is 0. The number of fused-ring (bicyclic) bond motifs is 1. The van der Waals surface area contributed by atoms with Crippen LogP contribution in [-0.4, -0.2) is 26.2 Å². The minimum absolute atomic E-state index is 0.726. The Labute approximate surface area is 103 Å². The van der Waals surface area contributed by atoms with Gasteiger partial charge in [-0.05, 0) is 49.1 Å². The molecule has 0 aliphatic carbocycles. The highest BCUT2D eigenvalue weighted by atomic mass is 16.5. The van der Waals surface area contributed by atoms with Gasteiger partial charge in [0, 0.05) is 25.2 Å². The highest BCUT2D eigenvalue weighted by molar-refractivity contribution is 5.54. The summed E-state index contributed by atoms with van der Waals surface area (Å²) in [7, 11) is 0. The zero-order chi connectivity index (χ0) is 11.7. The molecule has 2 aliphatic heterocycles. The maximum Gasteiger partial charge on any atom is 0.122 e. The molecule has 2 heterocycles. The first-order valence-electron chi connectivity index (χ1n) is 6.57. The minimum Gasteiger partial charge on any atom is -0.493 e. The summed E-state index contributed by atoms with van der Waals surface area (Å²) in [6.45, 7) is 3.96. The zero-order valence-corrected chi connectivity index (χ0v) is 10.2. The molecule has 0 spiro atoms. The van der Waals surface area contributed by atoms with Crippen LogP contribution in [0, 0.1) is 5.92 Å². The Balaban J connectivity index is 1.72. The van der Waals surface area contributed by atoms with Crippen molar-refractivity contribution in [1.82, 2.24) is 0 Å². The maximum absolute atomic E-state index is 5.73. The van der Waals surface area contributed by atoms with Gasteiger partial charge in [0.25, 0.3) is 0 Å². The second kappa shape index (κ2) is 4.57. The van der Waals surface area contributed by atoms with E-state index in [1.54, 1.807) is 0 Å². The molecule has 1 aromatic rings. The third-order valence-corrected chi connectivity index (χ3v) is 3.99. The summed E-state index contributed by atoms with van der Waals surface area (Å²) in [5.74, 6) is 1.80. The molecule has 0 atom stereocenters. The molecule has 2 aliphatic rings. The van der Waals surface area contributed by atoms with Gasteiger partial charge in [-0.3, -0.25) is 0 Å². The van der Waals surface area contributed by atoms with Crippen molar-refractivity contribution >= 4 is 5.69 Å². The molecule has 0 radical (unpaired) electrons. The predicted octanol–water partition coefficient (Wildman–Crippen LogP) is 1.80. The van der Waals surface area contributed by atoms with Crippen molar-refractivity contribution in [2.24, 2.45) is 11.7 Å². The maximum atomic E-state index is 5.73. The first-order valence-corrected chi connectivity index (χ1v) is 6.57. The first kappa shape index (κ1) is 10.9. The van der Waals surface area contributed by atoms with Gasteiger partial charge in [0.2, 0.25) is 0 Å². The predicted molar refractivity (Wildman–Crippen MR) is 69.6 cm³/mol. The lowest BCUT2D eigenvalue weighted by molar-refractivity contribution is 0.357. The van der Waals surface area contributed by atoms with Crippen LogP contribution in [0.25, 0.3) is 0 Å². The normalized spacial score (nSPS) is 20.2. The quantitative estimate of drug-likeness (QED) is 0.845. The van der Waals surface area contributed by atoms with Crippen LogP contribution in [0.15, 0.2) is 18.2 Å². The minimum atomic E-state index is 0.726. The van der Waals surface area contributed by atoms with E-state index in [9.17, 15) is 0 Å². The third-order valence-electron chi connectivity index (χ3n) is 3.99. The molecule has 0 amide bonds. The van der Waals surface area contributed by atoms with Gasteiger partial charge in [-0.2, -0.15) is 0 Å². The average Bonchev–Trinajstić information content (AvgIpc) is 2.86. The summed E-state index contributed by atoms with van der Waals surface area (Å²) in [5.41, 5.74) is 8.44. The average molecular weight is 232 g/mol. The SMILES string of the molecule is NCC1CCN(c2ccc3c(c2)CCO3)CC1. The first-order chi connectivity index (χ1) is 8.36. The lowest BCUT2D eigenvalue weighted by Crippen LogP contribution is -2.36. The number of anilines is 1. The van der Waals surface area contributed by atoms with Crippen LogP contribution in [0.4, 0.5) is 5.69 Å². The summed E-state index contributed by atoms with van der Waals surface area (Å²) in [6.07, 6.45) is 3.51. The highest BCUT2D eigenvalue weighted by Crippen LogP contribution is 2.31. The molecular weight excluding hydrogens is 212 g/mol. The van der Waals surface area contributed by atoms with E-state index in [-0.39, 0.29) is 0 Å². The van der Waals surface area contributed by atoms with Crippen LogP contribution in [0.2, 0.25) is 0 Å². The molecule has 1 saturated heterocycles. The van der Waals surface area contributed by atoms with E-state index in [4.69, 9.17) is 10.5 Å². The lowest BCUT2D eigenvalue weighted by Gasteiger charge is -2.33. The van der Waals surface area contributed by atoms with Gasteiger partial charge in [0.1, 0.15) is 5.75 Å². The lowest BCUT2D eigenvalue weighted by atomic mass is 9.96. The van der Waals surface area contributed by atoms with Gasteiger partial charge in [0.05, 0.1) is 6.61 Å². The number of benzene rings is 1. The van der Waals surface area contributed by atoms with Gasteiger partial charge < -0.3 is 15.4 Å². The van der Waals surface area contributed by atoms with Gasteiger partial charge in [-0.15, -0.1) is 0 Å². The van der Waals surface area contributed by atoms with Crippen LogP contribution >= 0.6 is 0 Å². The molecule has 0 unspecified atom stereocenters. The topological polar surface area (TPSA) is 38.5 Å². The number of nitrogens with zero attached hydrogens (tertiary/aromatic N) is 1. The molecule has 1 aromatic carbocycles. The fourth-order valence-corrected chi connectivity index (χ4v) is 2.80. The number of piperidine rings is 1. The summed E-state index contributed by atoms with van der Waals surface area (Å²) >= 11 is 0. The molecule has 2 N–H and O–H groups in total. The van der Waals surface area contributed by atoms with Gasteiger partial charge in [-0.1, -0.05) is 0 Å². The van der Waals surface area contributed by atoms with Gasteiger partial charge >= 0.3 is 0 Å². The second-order valence-corrected chi connectivity index (χ2v) is 5.06.